The van der Waals surface area contributed by atoms with Crippen molar-refractivity contribution >= 4 is 17.3 Å². The SMILES string of the molecule is CCNC(=NCc1cc(OC)c(OC)c(OC)c1)NCCc1nc(CC)c(C)s1. The predicted octanol–water partition coefficient (Wildman–Crippen LogP) is 3.34. The van der Waals surface area contributed by atoms with Crippen LogP contribution in [0.2, 0.25) is 0 Å². The van der Waals surface area contributed by atoms with E-state index in [1.54, 1.807) is 32.7 Å². The number of thiazole rings is 1. The Morgan fingerprint density at radius 2 is 1.76 bits per heavy atom. The van der Waals surface area contributed by atoms with Crippen molar-refractivity contribution in [2.75, 3.05) is 34.4 Å². The van der Waals surface area contributed by atoms with Crippen molar-refractivity contribution in [1.82, 2.24) is 15.6 Å². The molecule has 0 aliphatic heterocycles. The number of aliphatic imine (C=N–C) groups is 1. The molecule has 0 spiro atoms. The molecule has 2 N–H and O–H groups in total. The fourth-order valence-electron chi connectivity index (χ4n) is 2.95. The third kappa shape index (κ3) is 6.25. The molecule has 0 saturated carbocycles. The van der Waals surface area contributed by atoms with E-state index in [1.165, 1.54) is 10.6 Å². The normalized spacial score (nSPS) is 11.3. The lowest BCUT2D eigenvalue weighted by Gasteiger charge is -2.14. The predicted molar refractivity (Wildman–Crippen MR) is 119 cm³/mol. The van der Waals surface area contributed by atoms with Gasteiger partial charge in [-0.3, -0.25) is 0 Å². The second-order valence-corrected chi connectivity index (χ2v) is 7.66. The summed E-state index contributed by atoms with van der Waals surface area (Å²) in [5.74, 6) is 2.60. The second kappa shape index (κ2) is 11.5. The van der Waals surface area contributed by atoms with Crippen LogP contribution in [0.15, 0.2) is 17.1 Å². The van der Waals surface area contributed by atoms with Crippen LogP contribution in [0.1, 0.15) is 35.0 Å². The van der Waals surface area contributed by atoms with Crippen LogP contribution >= 0.6 is 11.3 Å². The van der Waals surface area contributed by atoms with Crippen molar-refractivity contribution in [3.05, 3.63) is 33.3 Å². The quantitative estimate of drug-likeness (QED) is 0.453. The number of guanidine groups is 1. The summed E-state index contributed by atoms with van der Waals surface area (Å²) < 4.78 is 16.2. The average molecular weight is 421 g/mol. The van der Waals surface area contributed by atoms with Gasteiger partial charge in [-0.05, 0) is 38.0 Å². The smallest absolute Gasteiger partial charge is 0.203 e. The second-order valence-electron chi connectivity index (χ2n) is 6.37. The summed E-state index contributed by atoms with van der Waals surface area (Å²) in [4.78, 5) is 10.7. The van der Waals surface area contributed by atoms with E-state index in [1.807, 2.05) is 19.1 Å². The Balaban J connectivity index is 2.04. The highest BCUT2D eigenvalue weighted by atomic mass is 32.1. The lowest BCUT2D eigenvalue weighted by molar-refractivity contribution is 0.324. The summed E-state index contributed by atoms with van der Waals surface area (Å²) in [5, 5.41) is 7.83. The van der Waals surface area contributed by atoms with Crippen LogP contribution in [-0.4, -0.2) is 45.4 Å². The molecule has 1 aromatic heterocycles. The minimum absolute atomic E-state index is 0.488. The Labute approximate surface area is 177 Å². The number of rotatable bonds is 10. The third-order valence-corrected chi connectivity index (χ3v) is 5.46. The van der Waals surface area contributed by atoms with Crippen molar-refractivity contribution in [1.29, 1.82) is 0 Å². The van der Waals surface area contributed by atoms with E-state index in [9.17, 15) is 0 Å². The Bertz CT molecular complexity index is 795. The molecule has 8 heteroatoms. The fraction of sp³-hybridized carbons (Fsp3) is 0.524. The van der Waals surface area contributed by atoms with E-state index in [2.05, 4.69) is 29.5 Å². The topological polar surface area (TPSA) is 77.0 Å². The van der Waals surface area contributed by atoms with Gasteiger partial charge in [-0.1, -0.05) is 6.92 Å². The van der Waals surface area contributed by atoms with E-state index < -0.39 is 0 Å². The lowest BCUT2D eigenvalue weighted by Crippen LogP contribution is -2.38. The molecule has 0 radical (unpaired) electrons. The minimum atomic E-state index is 0.488. The van der Waals surface area contributed by atoms with Crippen molar-refractivity contribution < 1.29 is 14.2 Å². The summed E-state index contributed by atoms with van der Waals surface area (Å²) in [5.41, 5.74) is 2.17. The molecule has 2 rings (SSSR count). The van der Waals surface area contributed by atoms with Gasteiger partial charge >= 0.3 is 0 Å². The number of methoxy groups -OCH3 is 3. The zero-order valence-electron chi connectivity index (χ0n) is 18.2. The highest BCUT2D eigenvalue weighted by Crippen LogP contribution is 2.38. The molecular weight excluding hydrogens is 388 g/mol. The van der Waals surface area contributed by atoms with E-state index >= 15 is 0 Å². The number of hydrogen-bond acceptors (Lipinski definition) is 6. The number of nitrogens with zero attached hydrogens (tertiary/aromatic N) is 2. The van der Waals surface area contributed by atoms with Crippen LogP contribution < -0.4 is 24.8 Å². The Hall–Kier alpha value is -2.48. The minimum Gasteiger partial charge on any atom is -0.493 e. The first-order valence-corrected chi connectivity index (χ1v) is 10.6. The molecule has 1 aromatic carbocycles. The summed E-state index contributed by atoms with van der Waals surface area (Å²) >= 11 is 1.77. The standard InChI is InChI=1S/C21H32N4O3S/c1-7-16-14(3)29-19(25-16)9-10-23-21(22-8-2)24-13-15-11-17(26-4)20(28-6)18(12-15)27-5/h11-12H,7-10,13H2,1-6H3,(H2,22,23,24). The molecule has 7 nitrogen and oxygen atoms in total. The maximum Gasteiger partial charge on any atom is 0.203 e. The molecule has 0 aliphatic carbocycles. The maximum absolute atomic E-state index is 5.42. The van der Waals surface area contributed by atoms with Gasteiger partial charge in [0.1, 0.15) is 0 Å². The number of aryl methyl sites for hydroxylation is 2. The zero-order chi connectivity index (χ0) is 21.2. The van der Waals surface area contributed by atoms with Gasteiger partial charge in [-0.25, -0.2) is 9.98 Å². The number of nitrogens with one attached hydrogen (secondary N) is 2. The Morgan fingerprint density at radius 1 is 1.07 bits per heavy atom. The number of aromatic nitrogens is 1. The third-order valence-electron chi connectivity index (χ3n) is 4.39. The summed E-state index contributed by atoms with van der Waals surface area (Å²) in [6.45, 7) is 8.38. The zero-order valence-corrected chi connectivity index (χ0v) is 19.0. The largest absolute Gasteiger partial charge is 0.493 e. The highest BCUT2D eigenvalue weighted by Gasteiger charge is 2.13. The van der Waals surface area contributed by atoms with Gasteiger partial charge in [0, 0.05) is 24.4 Å². The number of benzene rings is 1. The van der Waals surface area contributed by atoms with E-state index in [0.717, 1.165) is 42.5 Å². The average Bonchev–Trinajstić information content (AvgIpc) is 3.10. The molecule has 0 aliphatic rings. The molecule has 1 heterocycles. The Kier molecular flexibility index (Phi) is 9.05. The van der Waals surface area contributed by atoms with Gasteiger partial charge in [-0.15, -0.1) is 11.3 Å². The molecule has 160 valence electrons. The van der Waals surface area contributed by atoms with Crippen LogP contribution in [0, 0.1) is 6.92 Å². The van der Waals surface area contributed by atoms with Gasteiger partial charge < -0.3 is 24.8 Å². The van der Waals surface area contributed by atoms with Crippen molar-refractivity contribution in [3.8, 4) is 17.2 Å². The van der Waals surface area contributed by atoms with E-state index in [4.69, 9.17) is 19.2 Å². The van der Waals surface area contributed by atoms with Crippen LogP contribution in [-0.2, 0) is 19.4 Å². The number of ether oxygens (including phenoxy) is 3. The van der Waals surface area contributed by atoms with Crippen molar-refractivity contribution in [2.24, 2.45) is 4.99 Å². The maximum atomic E-state index is 5.42. The van der Waals surface area contributed by atoms with Gasteiger partial charge in [0.2, 0.25) is 5.75 Å². The molecular formula is C21H32N4O3S. The fourth-order valence-corrected chi connectivity index (χ4v) is 3.97. The van der Waals surface area contributed by atoms with Gasteiger partial charge in [0.15, 0.2) is 17.5 Å². The van der Waals surface area contributed by atoms with Crippen LogP contribution in [0.25, 0.3) is 0 Å². The molecule has 2 aromatic rings. The van der Waals surface area contributed by atoms with Crippen LogP contribution in [0.5, 0.6) is 17.2 Å². The lowest BCUT2D eigenvalue weighted by atomic mass is 10.2. The van der Waals surface area contributed by atoms with E-state index in [0.29, 0.717) is 23.8 Å². The first-order valence-electron chi connectivity index (χ1n) is 9.82. The number of hydrogen-bond donors (Lipinski definition) is 2. The summed E-state index contributed by atoms with van der Waals surface area (Å²) in [7, 11) is 4.82. The molecule has 0 fully saturated rings. The van der Waals surface area contributed by atoms with Gasteiger partial charge in [0.05, 0.1) is 38.6 Å². The van der Waals surface area contributed by atoms with Crippen LogP contribution in [0.3, 0.4) is 0 Å². The highest BCUT2D eigenvalue weighted by molar-refractivity contribution is 7.11. The first-order chi connectivity index (χ1) is 14.1. The van der Waals surface area contributed by atoms with Gasteiger partial charge in [-0.2, -0.15) is 0 Å². The van der Waals surface area contributed by atoms with Crippen molar-refractivity contribution in [3.63, 3.8) is 0 Å². The molecule has 29 heavy (non-hydrogen) atoms. The van der Waals surface area contributed by atoms with Crippen LogP contribution in [0.4, 0.5) is 0 Å². The first kappa shape index (κ1) is 22.8. The summed E-state index contributed by atoms with van der Waals surface area (Å²) in [6, 6.07) is 3.83. The molecule has 0 unspecified atom stereocenters. The van der Waals surface area contributed by atoms with Gasteiger partial charge in [0.25, 0.3) is 0 Å². The Morgan fingerprint density at radius 3 is 2.28 bits per heavy atom. The molecule has 0 amide bonds. The summed E-state index contributed by atoms with van der Waals surface area (Å²) in [6.07, 6.45) is 1.86. The molecule has 0 atom stereocenters. The molecule has 0 saturated heterocycles. The molecule has 0 bridgehead atoms. The van der Waals surface area contributed by atoms with E-state index in [-0.39, 0.29) is 0 Å². The monoisotopic (exact) mass is 420 g/mol. The van der Waals surface area contributed by atoms with Crippen molar-refractivity contribution in [2.45, 2.75) is 40.2 Å².